The van der Waals surface area contributed by atoms with Gasteiger partial charge in [0, 0.05) is 30.0 Å². The topological polar surface area (TPSA) is 236 Å². The van der Waals surface area contributed by atoms with Crippen LogP contribution < -0.4 is 32.6 Å². The Balaban J connectivity index is 1.34. The van der Waals surface area contributed by atoms with E-state index in [-0.39, 0.29) is 43.6 Å². The first-order chi connectivity index (χ1) is 23.4. The lowest BCUT2D eigenvalue weighted by molar-refractivity contribution is -0.197. The van der Waals surface area contributed by atoms with Crippen molar-refractivity contribution in [3.05, 3.63) is 58.7 Å². The van der Waals surface area contributed by atoms with Crippen LogP contribution in [0.15, 0.2) is 36.4 Å². The van der Waals surface area contributed by atoms with Gasteiger partial charge in [-0.3, -0.25) is 24.0 Å². The first kappa shape index (κ1) is 35.7. The zero-order chi connectivity index (χ0) is 35.2. The van der Waals surface area contributed by atoms with Gasteiger partial charge in [0.2, 0.25) is 5.91 Å². The first-order valence-electron chi connectivity index (χ1n) is 16.0. The number of carbonyl (C=O) groups is 6. The second-order valence-corrected chi connectivity index (χ2v) is 12.1. The summed E-state index contributed by atoms with van der Waals surface area (Å²) >= 11 is 0. The van der Waals surface area contributed by atoms with Crippen molar-refractivity contribution in [2.24, 2.45) is 5.73 Å². The van der Waals surface area contributed by atoms with Gasteiger partial charge in [0.1, 0.15) is 6.04 Å². The number of hydrogen-bond donors (Lipinski definition) is 6. The summed E-state index contributed by atoms with van der Waals surface area (Å²) in [5.41, 5.74) is 8.22. The maximum Gasteiger partial charge on any atom is 0.491 e. The second kappa shape index (κ2) is 15.7. The molecular formula is C31H37B2N5O11. The largest absolute Gasteiger partial charge is 0.491 e. The molecule has 7 N–H and O–H groups in total. The Kier molecular flexibility index (Phi) is 11.5. The van der Waals surface area contributed by atoms with E-state index in [4.69, 9.17) is 19.9 Å². The molecule has 0 aliphatic carbocycles. The molecule has 1 saturated heterocycles. The fraction of sp³-hybridized carbons (Fsp3) is 0.419. The monoisotopic (exact) mass is 677 g/mol. The number of amides is 5. The molecule has 0 bridgehead atoms. The van der Waals surface area contributed by atoms with Crippen LogP contribution in [0.25, 0.3) is 0 Å². The van der Waals surface area contributed by atoms with Crippen LogP contribution in [0.2, 0.25) is 0 Å². The average Bonchev–Trinajstić information content (AvgIpc) is 3.74. The van der Waals surface area contributed by atoms with Crippen molar-refractivity contribution in [2.45, 2.75) is 76.8 Å². The molecule has 49 heavy (non-hydrogen) atoms. The van der Waals surface area contributed by atoms with Crippen LogP contribution in [0.3, 0.4) is 0 Å². The summed E-state index contributed by atoms with van der Waals surface area (Å²) in [4.78, 5) is 82.4. The van der Waals surface area contributed by atoms with Crippen LogP contribution in [-0.2, 0) is 46.5 Å². The molecule has 3 aliphatic heterocycles. The summed E-state index contributed by atoms with van der Waals surface area (Å²) in [5.74, 6) is -4.25. The number of nitrogens with two attached hydrogens (primary N) is 1. The van der Waals surface area contributed by atoms with Crippen molar-refractivity contribution in [1.82, 2.24) is 21.0 Å². The predicted molar refractivity (Wildman–Crippen MR) is 172 cm³/mol. The Morgan fingerprint density at radius 2 is 1.43 bits per heavy atom. The zero-order valence-electron chi connectivity index (χ0n) is 26.8. The highest BCUT2D eigenvalue weighted by Gasteiger charge is 2.36. The minimum atomic E-state index is -1.39. The molecule has 5 rings (SSSR count). The molecule has 2 aromatic rings. The van der Waals surface area contributed by atoms with E-state index in [0.29, 0.717) is 40.9 Å². The Labute approximate surface area is 282 Å². The van der Waals surface area contributed by atoms with E-state index in [1.165, 1.54) is 25.1 Å². The standard InChI is InChI=1S/C31H37B2N5O11/c1-17(35-29(42)18-5-7-20-15-47-32(45)23(20)12-18)28(37-30(43)19-6-8-21-16-48-33(46)24(21)13-19)31(44)36-22(4-2-3-11-34)14-27(41)49-38-25(39)9-10-26(38)40/h5-8,12-13,17,22,28,45-46H,2-4,9-11,14-16,34H2,1H3,(H,35,42)(H,36,44)(H,37,43)/t17-,22-,28-/m0/s1. The first-order valence-corrected chi connectivity index (χ1v) is 16.0. The molecule has 0 unspecified atom stereocenters. The molecule has 0 spiro atoms. The number of imide groups is 1. The molecule has 1 fully saturated rings. The van der Waals surface area contributed by atoms with Crippen molar-refractivity contribution in [3.8, 4) is 0 Å². The van der Waals surface area contributed by atoms with Crippen LogP contribution in [0, 0.1) is 0 Å². The highest BCUT2D eigenvalue weighted by molar-refractivity contribution is 6.62. The maximum atomic E-state index is 13.9. The van der Waals surface area contributed by atoms with E-state index < -0.39 is 74.3 Å². The molecule has 3 heterocycles. The maximum absolute atomic E-state index is 13.9. The lowest BCUT2D eigenvalue weighted by Crippen LogP contribution is -2.59. The number of hydroxylamine groups is 2. The Hall–Kier alpha value is -4.61. The van der Waals surface area contributed by atoms with E-state index in [1.54, 1.807) is 18.2 Å². The van der Waals surface area contributed by atoms with E-state index in [0.717, 1.165) is 5.56 Å². The summed E-state index contributed by atoms with van der Waals surface area (Å²) in [6.45, 7) is 2.23. The minimum Gasteiger partial charge on any atom is -0.423 e. The van der Waals surface area contributed by atoms with Gasteiger partial charge < -0.3 is 45.9 Å². The summed E-state index contributed by atoms with van der Waals surface area (Å²) in [5, 5.41) is 28.8. The number of benzene rings is 2. The molecule has 0 aromatic heterocycles. The van der Waals surface area contributed by atoms with E-state index in [9.17, 15) is 38.8 Å². The Morgan fingerprint density at radius 3 is 1.98 bits per heavy atom. The van der Waals surface area contributed by atoms with Crippen LogP contribution in [0.5, 0.6) is 0 Å². The average molecular weight is 677 g/mol. The molecule has 5 amide bonds. The third-order valence-electron chi connectivity index (χ3n) is 8.53. The quantitative estimate of drug-likeness (QED) is 0.0701. The fourth-order valence-corrected chi connectivity index (χ4v) is 5.78. The molecule has 258 valence electrons. The number of unbranched alkanes of at least 4 members (excludes halogenated alkanes) is 1. The van der Waals surface area contributed by atoms with Gasteiger partial charge in [-0.05, 0) is 72.6 Å². The van der Waals surface area contributed by atoms with E-state index in [2.05, 4.69) is 16.0 Å². The summed E-state index contributed by atoms with van der Waals surface area (Å²) in [6, 6.07) is 6.00. The minimum absolute atomic E-state index is 0.0796. The van der Waals surface area contributed by atoms with Gasteiger partial charge in [-0.25, -0.2) is 4.79 Å². The smallest absolute Gasteiger partial charge is 0.423 e. The molecule has 16 nitrogen and oxygen atoms in total. The van der Waals surface area contributed by atoms with Crippen molar-refractivity contribution in [2.75, 3.05) is 6.54 Å². The second-order valence-electron chi connectivity index (χ2n) is 12.1. The third-order valence-corrected chi connectivity index (χ3v) is 8.53. The van der Waals surface area contributed by atoms with Crippen molar-refractivity contribution in [1.29, 1.82) is 0 Å². The van der Waals surface area contributed by atoms with Gasteiger partial charge in [0.05, 0.1) is 25.7 Å². The van der Waals surface area contributed by atoms with Crippen LogP contribution in [0.4, 0.5) is 0 Å². The Bertz CT molecular complexity index is 1630. The molecule has 18 heteroatoms. The number of nitrogens with one attached hydrogen (secondary N) is 3. The Morgan fingerprint density at radius 1 is 0.878 bits per heavy atom. The lowest BCUT2D eigenvalue weighted by atomic mass is 9.78. The van der Waals surface area contributed by atoms with Gasteiger partial charge >= 0.3 is 20.2 Å². The third kappa shape index (κ3) is 8.52. The fourth-order valence-electron chi connectivity index (χ4n) is 5.78. The summed E-state index contributed by atoms with van der Waals surface area (Å²) in [7, 11) is -2.39. The van der Waals surface area contributed by atoms with Crippen LogP contribution in [-0.4, -0.2) is 89.5 Å². The van der Waals surface area contributed by atoms with Gasteiger partial charge in [-0.2, -0.15) is 0 Å². The number of carbonyl (C=O) groups excluding carboxylic acids is 6. The van der Waals surface area contributed by atoms with Crippen molar-refractivity contribution < 1.29 is 53.0 Å². The molecule has 3 aliphatic rings. The summed E-state index contributed by atoms with van der Waals surface area (Å²) in [6.07, 6.45) is 0.784. The highest BCUT2D eigenvalue weighted by atomic mass is 16.7. The van der Waals surface area contributed by atoms with Crippen LogP contribution in [0.1, 0.15) is 77.3 Å². The molecule has 2 aromatic carbocycles. The van der Waals surface area contributed by atoms with Gasteiger partial charge in [-0.1, -0.05) is 18.6 Å². The van der Waals surface area contributed by atoms with Gasteiger partial charge in [-0.15, -0.1) is 5.06 Å². The summed E-state index contributed by atoms with van der Waals surface area (Å²) < 4.78 is 10.4. The molecular weight excluding hydrogens is 640 g/mol. The van der Waals surface area contributed by atoms with E-state index >= 15 is 0 Å². The zero-order valence-corrected chi connectivity index (χ0v) is 26.8. The predicted octanol–water partition coefficient (Wildman–Crippen LogP) is -2.35. The molecule has 3 atom stereocenters. The highest BCUT2D eigenvalue weighted by Crippen LogP contribution is 2.16. The SMILES string of the molecule is C[C@H](NC(=O)c1ccc2c(c1)B(O)OC2)[C@H](NC(=O)c1ccc2c(c1)B(O)OC2)C(=O)N[C@@H](CCCCN)CC(=O)ON1C(=O)CCC1=O. The number of fused-ring (bicyclic) bond motifs is 2. The lowest BCUT2D eigenvalue weighted by Gasteiger charge is -2.28. The molecule has 0 saturated carbocycles. The molecule has 0 radical (unpaired) electrons. The number of nitrogens with zero attached hydrogens (tertiary/aromatic N) is 1. The van der Waals surface area contributed by atoms with Crippen LogP contribution >= 0.6 is 0 Å². The van der Waals surface area contributed by atoms with Crippen molar-refractivity contribution in [3.63, 3.8) is 0 Å². The normalized spacial score (nSPS) is 16.9. The number of rotatable bonds is 14. The number of hydrogen-bond acceptors (Lipinski definition) is 12. The van der Waals surface area contributed by atoms with Gasteiger partial charge in [0.25, 0.3) is 23.6 Å². The van der Waals surface area contributed by atoms with Gasteiger partial charge in [0.15, 0.2) is 0 Å². The van der Waals surface area contributed by atoms with Crippen molar-refractivity contribution >= 4 is 60.7 Å². The van der Waals surface area contributed by atoms with E-state index in [1.807, 2.05) is 0 Å².